The average molecular weight is 196 g/mol. The molecule has 0 aliphatic carbocycles. The van der Waals surface area contributed by atoms with E-state index in [2.05, 4.69) is 8.75 Å². The van der Waals surface area contributed by atoms with E-state index in [0.29, 0.717) is 0 Å². The monoisotopic (exact) mass is 196 g/mol. The number of rotatable bonds is 2. The second kappa shape index (κ2) is 5.07. The fraction of sp³-hybridized carbons (Fsp3) is 0. The van der Waals surface area contributed by atoms with Crippen molar-refractivity contribution < 1.29 is 66.1 Å². The molecule has 0 bridgehead atoms. The van der Waals surface area contributed by atoms with Gasteiger partial charge in [-0.25, -0.2) is 0 Å². The molecule has 0 fully saturated rings. The summed E-state index contributed by atoms with van der Waals surface area (Å²) in [7, 11) is 0. The van der Waals surface area contributed by atoms with Crippen molar-refractivity contribution in [3.05, 3.63) is 11.9 Å². The molecule has 0 N–H and O–H groups in total. The third kappa shape index (κ3) is 3.05. The molecule has 0 spiro atoms. The summed E-state index contributed by atoms with van der Waals surface area (Å²) in [5.41, 5.74) is -0.176. The quantitative estimate of drug-likeness (QED) is 0.270. The molecule has 1 heterocycles. The Bertz CT molecular complexity index is 260. The maximum atomic E-state index is 10.4. The van der Waals surface area contributed by atoms with Gasteiger partial charge < -0.3 is 9.90 Å². The number of ketones is 1. The molecule has 0 aliphatic heterocycles. The fourth-order valence-corrected chi connectivity index (χ4v) is 0.781. The zero-order valence-electron chi connectivity index (χ0n) is 5.60. The fourth-order valence-electron chi connectivity index (χ4n) is 0.369. The SMILES string of the molecule is O=C([O-])C(=O)c1cnsn1.[K+]. The Morgan fingerprint density at radius 1 is 1.55 bits per heavy atom. The Labute approximate surface area is 109 Å². The molecule has 5 nitrogen and oxygen atoms in total. The summed E-state index contributed by atoms with van der Waals surface area (Å²) in [6, 6.07) is 0. The number of carboxylic acids is 1. The van der Waals surface area contributed by atoms with Crippen LogP contribution >= 0.6 is 11.7 Å². The summed E-state index contributed by atoms with van der Waals surface area (Å²) >= 11 is 0.773. The summed E-state index contributed by atoms with van der Waals surface area (Å²) < 4.78 is 6.84. The number of hydrogen-bond acceptors (Lipinski definition) is 6. The topological polar surface area (TPSA) is 83.0 Å². The molecule has 7 heteroatoms. The summed E-state index contributed by atoms with van der Waals surface area (Å²) in [6.45, 7) is 0. The summed E-state index contributed by atoms with van der Waals surface area (Å²) in [4.78, 5) is 20.3. The van der Waals surface area contributed by atoms with Gasteiger partial charge in [0.15, 0.2) is 0 Å². The van der Waals surface area contributed by atoms with E-state index in [-0.39, 0.29) is 57.1 Å². The van der Waals surface area contributed by atoms with Crippen LogP contribution in [0.2, 0.25) is 0 Å². The van der Waals surface area contributed by atoms with Crippen molar-refractivity contribution in [1.82, 2.24) is 8.75 Å². The minimum Gasteiger partial charge on any atom is -0.541 e. The van der Waals surface area contributed by atoms with Crippen molar-refractivity contribution >= 4 is 23.5 Å². The molecule has 1 rings (SSSR count). The van der Waals surface area contributed by atoms with Crippen LogP contribution in [0.3, 0.4) is 0 Å². The van der Waals surface area contributed by atoms with Gasteiger partial charge in [0.2, 0.25) is 5.78 Å². The molecular formula is C4HKN2O3S. The van der Waals surface area contributed by atoms with Gasteiger partial charge in [-0.1, -0.05) is 0 Å². The van der Waals surface area contributed by atoms with Crippen LogP contribution < -0.4 is 56.5 Å². The van der Waals surface area contributed by atoms with E-state index in [1.165, 1.54) is 0 Å². The van der Waals surface area contributed by atoms with E-state index in [4.69, 9.17) is 0 Å². The molecule has 0 aromatic carbocycles. The minimum atomic E-state index is -1.76. The van der Waals surface area contributed by atoms with E-state index < -0.39 is 11.8 Å². The molecule has 11 heavy (non-hydrogen) atoms. The van der Waals surface area contributed by atoms with Crippen molar-refractivity contribution in [2.24, 2.45) is 0 Å². The van der Waals surface area contributed by atoms with Crippen LogP contribution in [0.15, 0.2) is 6.20 Å². The molecule has 1 aromatic rings. The van der Waals surface area contributed by atoms with Gasteiger partial charge in [0.05, 0.1) is 17.9 Å². The Hall–Kier alpha value is 0.336. The third-order valence-corrected chi connectivity index (χ3v) is 1.26. The molecule has 1 aromatic heterocycles. The molecule has 0 radical (unpaired) electrons. The number of aliphatic carboxylic acids is 1. The van der Waals surface area contributed by atoms with Crippen LogP contribution in [0.1, 0.15) is 10.5 Å². The molecular weight excluding hydrogens is 195 g/mol. The van der Waals surface area contributed by atoms with E-state index in [0.717, 1.165) is 17.9 Å². The Balaban J connectivity index is 0.000001000. The van der Waals surface area contributed by atoms with Gasteiger partial charge in [-0.15, -0.1) is 0 Å². The normalized spacial score (nSPS) is 8.36. The van der Waals surface area contributed by atoms with Crippen molar-refractivity contribution in [3.8, 4) is 0 Å². The second-order valence-electron chi connectivity index (χ2n) is 1.41. The second-order valence-corrected chi connectivity index (χ2v) is 1.97. The number of carbonyl (C=O) groups excluding carboxylic acids is 2. The number of carbonyl (C=O) groups is 2. The molecule has 0 amide bonds. The van der Waals surface area contributed by atoms with Crippen LogP contribution in [0.25, 0.3) is 0 Å². The molecule has 0 aliphatic rings. The number of aromatic nitrogens is 2. The smallest absolute Gasteiger partial charge is 0.541 e. The molecule has 0 unspecified atom stereocenters. The maximum Gasteiger partial charge on any atom is 1.00 e. The largest absolute Gasteiger partial charge is 1.00 e. The number of hydrogen-bond donors (Lipinski definition) is 0. The number of nitrogens with zero attached hydrogens (tertiary/aromatic N) is 2. The maximum absolute atomic E-state index is 10.4. The van der Waals surface area contributed by atoms with E-state index in [1.54, 1.807) is 0 Å². The van der Waals surface area contributed by atoms with E-state index in [9.17, 15) is 14.7 Å². The van der Waals surface area contributed by atoms with Crippen LogP contribution in [0.4, 0.5) is 0 Å². The molecule has 0 saturated heterocycles. The van der Waals surface area contributed by atoms with Crippen LogP contribution in [-0.4, -0.2) is 20.5 Å². The first-order chi connectivity index (χ1) is 4.72. The standard InChI is InChI=1S/C4H2N2O3S.K/c7-3(4(8)9)2-1-5-10-6-2;/h1H,(H,8,9);/q;+1/p-1. The van der Waals surface area contributed by atoms with Crippen molar-refractivity contribution in [2.75, 3.05) is 0 Å². The predicted octanol–water partition coefficient (Wildman–Crippen LogP) is -4.53. The van der Waals surface area contributed by atoms with Gasteiger partial charge in [0.1, 0.15) is 11.7 Å². The molecule has 0 saturated carbocycles. The summed E-state index contributed by atoms with van der Waals surface area (Å²) in [5, 5.41) is 9.87. The summed E-state index contributed by atoms with van der Waals surface area (Å²) in [5.74, 6) is -2.89. The van der Waals surface area contributed by atoms with Crippen LogP contribution in [0.5, 0.6) is 0 Å². The van der Waals surface area contributed by atoms with Gasteiger partial charge in [-0.3, -0.25) is 4.79 Å². The zero-order chi connectivity index (χ0) is 7.56. The average Bonchev–Trinajstić information content (AvgIpc) is 2.36. The Morgan fingerprint density at radius 3 is 2.55 bits per heavy atom. The third-order valence-electron chi connectivity index (χ3n) is 0.779. The number of Topliss-reactive ketones (excluding diaryl/α,β-unsaturated/α-hetero) is 1. The zero-order valence-corrected chi connectivity index (χ0v) is 9.54. The Morgan fingerprint density at radius 2 is 2.18 bits per heavy atom. The summed E-state index contributed by atoms with van der Waals surface area (Å²) in [6.07, 6.45) is 1.09. The first kappa shape index (κ1) is 11.3. The first-order valence-electron chi connectivity index (χ1n) is 2.25. The van der Waals surface area contributed by atoms with Gasteiger partial charge in [0.25, 0.3) is 0 Å². The van der Waals surface area contributed by atoms with Crippen molar-refractivity contribution in [1.29, 1.82) is 0 Å². The van der Waals surface area contributed by atoms with Crippen molar-refractivity contribution in [2.45, 2.75) is 0 Å². The Kier molecular flexibility index (Phi) is 5.22. The van der Waals surface area contributed by atoms with Gasteiger partial charge in [-0.2, -0.15) is 8.75 Å². The molecule has 52 valence electrons. The van der Waals surface area contributed by atoms with Gasteiger partial charge in [0, 0.05) is 0 Å². The van der Waals surface area contributed by atoms with Crippen LogP contribution in [0, 0.1) is 0 Å². The van der Waals surface area contributed by atoms with Crippen molar-refractivity contribution in [3.63, 3.8) is 0 Å². The van der Waals surface area contributed by atoms with Gasteiger partial charge >= 0.3 is 51.4 Å². The number of carboxylic acid groups (broad SMARTS) is 1. The predicted molar refractivity (Wildman–Crippen MR) is 29.2 cm³/mol. The molecule has 0 atom stereocenters. The van der Waals surface area contributed by atoms with Gasteiger partial charge in [-0.05, 0) is 0 Å². The van der Waals surface area contributed by atoms with E-state index in [1.807, 2.05) is 0 Å². The van der Waals surface area contributed by atoms with Crippen LogP contribution in [-0.2, 0) is 4.79 Å². The van der Waals surface area contributed by atoms with E-state index >= 15 is 0 Å². The first-order valence-corrected chi connectivity index (χ1v) is 2.98. The minimum absolute atomic E-state index is 0.